The van der Waals surface area contributed by atoms with Gasteiger partial charge in [-0.2, -0.15) is 10.4 Å². The number of carbonyl (C=O) groups excluding carboxylic acids is 2. The Kier molecular flexibility index (Phi) is 6.15. The molecular formula is C23H21N7O2S. The smallest absolute Gasteiger partial charge is 0.226 e. The Morgan fingerprint density at radius 3 is 2.61 bits per heavy atom. The lowest BCUT2D eigenvalue weighted by Gasteiger charge is -2.11. The number of amides is 2. The standard InChI is InChI=1S/C23H21N7O2S/c1-13-19(14(2)30-22(26-13)17(10-24)11-25-30)8-9-21(32)29-23-28-20(12-33-23)16-4-6-18(7-5-16)27-15(3)31/h4-7,11-12H,8-9H2,1-3H3,(H,27,31)(H,28,29,32). The molecule has 166 valence electrons. The highest BCUT2D eigenvalue weighted by molar-refractivity contribution is 7.14. The number of fused-ring (bicyclic) bond motifs is 1. The monoisotopic (exact) mass is 459 g/mol. The van der Waals surface area contributed by atoms with Gasteiger partial charge in [-0.15, -0.1) is 11.3 Å². The Labute approximate surface area is 194 Å². The van der Waals surface area contributed by atoms with Crippen molar-refractivity contribution in [1.29, 1.82) is 5.26 Å². The lowest BCUT2D eigenvalue weighted by molar-refractivity contribution is -0.116. The van der Waals surface area contributed by atoms with Gasteiger partial charge in [0.15, 0.2) is 10.8 Å². The molecule has 4 aromatic rings. The number of aromatic nitrogens is 4. The van der Waals surface area contributed by atoms with Crippen molar-refractivity contribution in [2.75, 3.05) is 10.6 Å². The van der Waals surface area contributed by atoms with Gasteiger partial charge in [0.1, 0.15) is 11.6 Å². The van der Waals surface area contributed by atoms with Gasteiger partial charge in [-0.3, -0.25) is 9.59 Å². The Balaban J connectivity index is 1.41. The van der Waals surface area contributed by atoms with Crippen LogP contribution in [0.1, 0.15) is 35.9 Å². The minimum absolute atomic E-state index is 0.126. The van der Waals surface area contributed by atoms with Crippen molar-refractivity contribution in [3.05, 3.63) is 58.4 Å². The van der Waals surface area contributed by atoms with Crippen LogP contribution in [0.2, 0.25) is 0 Å². The molecule has 2 N–H and O–H groups in total. The maximum absolute atomic E-state index is 12.5. The zero-order chi connectivity index (χ0) is 23.5. The molecule has 33 heavy (non-hydrogen) atoms. The van der Waals surface area contributed by atoms with E-state index in [-0.39, 0.29) is 18.2 Å². The van der Waals surface area contributed by atoms with Crippen LogP contribution in [0, 0.1) is 25.2 Å². The van der Waals surface area contributed by atoms with Crippen LogP contribution in [0.3, 0.4) is 0 Å². The summed E-state index contributed by atoms with van der Waals surface area (Å²) in [7, 11) is 0. The highest BCUT2D eigenvalue weighted by Gasteiger charge is 2.15. The minimum atomic E-state index is -0.144. The van der Waals surface area contributed by atoms with Gasteiger partial charge in [-0.1, -0.05) is 12.1 Å². The maximum atomic E-state index is 12.5. The topological polar surface area (TPSA) is 125 Å². The number of rotatable bonds is 6. The molecule has 0 radical (unpaired) electrons. The van der Waals surface area contributed by atoms with Crippen molar-refractivity contribution in [2.24, 2.45) is 0 Å². The highest BCUT2D eigenvalue weighted by atomic mass is 32.1. The summed E-state index contributed by atoms with van der Waals surface area (Å²) in [6.07, 6.45) is 2.26. The van der Waals surface area contributed by atoms with Crippen LogP contribution in [-0.4, -0.2) is 31.4 Å². The lowest BCUT2D eigenvalue weighted by atomic mass is 10.1. The van der Waals surface area contributed by atoms with Crippen LogP contribution < -0.4 is 10.6 Å². The number of carbonyl (C=O) groups is 2. The van der Waals surface area contributed by atoms with Gasteiger partial charge in [-0.05, 0) is 38.0 Å². The van der Waals surface area contributed by atoms with Crippen molar-refractivity contribution in [1.82, 2.24) is 19.6 Å². The quantitative estimate of drug-likeness (QED) is 0.451. The fourth-order valence-corrected chi connectivity index (χ4v) is 4.30. The molecule has 0 fully saturated rings. The molecule has 4 rings (SSSR count). The SMILES string of the molecule is CC(=O)Nc1ccc(-c2csc(NC(=O)CCc3c(C)nc4c(C#N)cnn4c3C)n2)cc1. The van der Waals surface area contributed by atoms with E-state index in [1.807, 2.05) is 43.5 Å². The molecule has 0 aliphatic carbocycles. The van der Waals surface area contributed by atoms with Gasteiger partial charge in [0.05, 0.1) is 11.9 Å². The summed E-state index contributed by atoms with van der Waals surface area (Å²) >= 11 is 1.35. The van der Waals surface area contributed by atoms with E-state index in [9.17, 15) is 14.9 Å². The normalized spacial score (nSPS) is 10.7. The summed E-state index contributed by atoms with van der Waals surface area (Å²) in [6.45, 7) is 5.24. The molecule has 0 saturated carbocycles. The summed E-state index contributed by atoms with van der Waals surface area (Å²) in [5, 5.41) is 21.4. The molecule has 3 aromatic heterocycles. The number of hydrogen-bond acceptors (Lipinski definition) is 7. The molecule has 10 heteroatoms. The molecule has 9 nitrogen and oxygen atoms in total. The van der Waals surface area contributed by atoms with Crippen molar-refractivity contribution in [2.45, 2.75) is 33.6 Å². The van der Waals surface area contributed by atoms with Crippen LogP contribution in [-0.2, 0) is 16.0 Å². The van der Waals surface area contributed by atoms with Crippen LogP contribution in [0.25, 0.3) is 16.9 Å². The fourth-order valence-electron chi connectivity index (χ4n) is 3.56. The number of anilines is 2. The number of nitrogens with zero attached hydrogens (tertiary/aromatic N) is 5. The molecule has 0 atom stereocenters. The van der Waals surface area contributed by atoms with Gasteiger partial charge in [-0.25, -0.2) is 14.5 Å². The Morgan fingerprint density at radius 1 is 1.15 bits per heavy atom. The van der Waals surface area contributed by atoms with Gasteiger partial charge in [0, 0.05) is 41.4 Å². The Morgan fingerprint density at radius 2 is 1.91 bits per heavy atom. The average molecular weight is 460 g/mol. The zero-order valence-electron chi connectivity index (χ0n) is 18.3. The Hall–Kier alpha value is -4.10. The number of thiazole rings is 1. The number of nitriles is 1. The zero-order valence-corrected chi connectivity index (χ0v) is 19.2. The lowest BCUT2D eigenvalue weighted by Crippen LogP contribution is -2.14. The largest absolute Gasteiger partial charge is 0.326 e. The van der Waals surface area contributed by atoms with Crippen LogP contribution in [0.5, 0.6) is 0 Å². The summed E-state index contributed by atoms with van der Waals surface area (Å²) < 4.78 is 1.64. The summed E-state index contributed by atoms with van der Waals surface area (Å²) in [5.74, 6) is -0.270. The van der Waals surface area contributed by atoms with E-state index >= 15 is 0 Å². The van der Waals surface area contributed by atoms with E-state index in [0.29, 0.717) is 28.5 Å². The Bertz CT molecular complexity index is 1400. The van der Waals surface area contributed by atoms with E-state index in [1.165, 1.54) is 24.5 Å². The predicted molar refractivity (Wildman–Crippen MR) is 126 cm³/mol. The predicted octanol–water partition coefficient (Wildman–Crippen LogP) is 3.87. The first-order chi connectivity index (χ1) is 15.9. The van der Waals surface area contributed by atoms with E-state index in [0.717, 1.165) is 28.2 Å². The molecule has 0 bridgehead atoms. The van der Waals surface area contributed by atoms with E-state index in [2.05, 4.69) is 31.8 Å². The molecule has 3 heterocycles. The van der Waals surface area contributed by atoms with Crippen molar-refractivity contribution in [3.63, 3.8) is 0 Å². The second-order valence-electron chi connectivity index (χ2n) is 7.51. The number of nitrogens with one attached hydrogen (secondary N) is 2. The molecule has 0 saturated heterocycles. The third-order valence-electron chi connectivity index (χ3n) is 5.18. The maximum Gasteiger partial charge on any atom is 0.226 e. The average Bonchev–Trinajstić information content (AvgIpc) is 3.40. The molecular weight excluding hydrogens is 438 g/mol. The van der Waals surface area contributed by atoms with Crippen molar-refractivity contribution in [3.8, 4) is 17.3 Å². The molecule has 0 aliphatic rings. The third-order valence-corrected chi connectivity index (χ3v) is 5.94. The van der Waals surface area contributed by atoms with E-state index < -0.39 is 0 Å². The highest BCUT2D eigenvalue weighted by Crippen LogP contribution is 2.26. The fraction of sp³-hybridized carbons (Fsp3) is 0.217. The van der Waals surface area contributed by atoms with Crippen LogP contribution in [0.15, 0.2) is 35.8 Å². The van der Waals surface area contributed by atoms with E-state index in [4.69, 9.17) is 0 Å². The first-order valence-corrected chi connectivity index (χ1v) is 11.1. The first kappa shape index (κ1) is 22.1. The second kappa shape index (κ2) is 9.18. The molecule has 2 amide bonds. The van der Waals surface area contributed by atoms with Crippen molar-refractivity contribution < 1.29 is 9.59 Å². The summed E-state index contributed by atoms with van der Waals surface area (Å²) in [6, 6.07) is 9.45. The van der Waals surface area contributed by atoms with Crippen LogP contribution in [0.4, 0.5) is 10.8 Å². The summed E-state index contributed by atoms with van der Waals surface area (Å²) in [5.41, 5.74) is 5.89. The van der Waals surface area contributed by atoms with Gasteiger partial charge in [0.25, 0.3) is 0 Å². The van der Waals surface area contributed by atoms with Gasteiger partial charge < -0.3 is 10.6 Å². The summed E-state index contributed by atoms with van der Waals surface area (Å²) in [4.78, 5) is 32.7. The van der Waals surface area contributed by atoms with Gasteiger partial charge in [0.2, 0.25) is 11.8 Å². The van der Waals surface area contributed by atoms with Crippen LogP contribution >= 0.6 is 11.3 Å². The van der Waals surface area contributed by atoms with Gasteiger partial charge >= 0.3 is 0 Å². The van der Waals surface area contributed by atoms with Crippen molar-refractivity contribution >= 4 is 39.6 Å². The third kappa shape index (κ3) is 4.73. The number of aryl methyl sites for hydroxylation is 2. The number of benzene rings is 1. The molecule has 1 aromatic carbocycles. The minimum Gasteiger partial charge on any atom is -0.326 e. The first-order valence-electron chi connectivity index (χ1n) is 10.2. The van der Waals surface area contributed by atoms with E-state index in [1.54, 1.807) is 4.52 Å². The molecule has 0 aliphatic heterocycles. The number of hydrogen-bond donors (Lipinski definition) is 2. The second-order valence-corrected chi connectivity index (χ2v) is 8.37. The molecule has 0 spiro atoms. The molecule has 0 unspecified atom stereocenters.